The highest BCUT2D eigenvalue weighted by Gasteiger charge is 2.30. The highest BCUT2D eigenvalue weighted by Crippen LogP contribution is 2.43. The fraction of sp³-hybridized carbons (Fsp3) is 0. The molecule has 0 nitrogen and oxygen atoms in total. The number of rotatable bonds is 0. The van der Waals surface area contributed by atoms with E-state index in [4.69, 9.17) is 0 Å². The van der Waals surface area contributed by atoms with Gasteiger partial charge in [-0.1, -0.05) is 12.1 Å². The van der Waals surface area contributed by atoms with E-state index in [1.807, 2.05) is 0 Å². The van der Waals surface area contributed by atoms with Crippen molar-refractivity contribution in [2.24, 2.45) is 0 Å². The minimum Gasteiger partial charge on any atom is -0.203 e. The minimum atomic E-state index is -2.06. The molecule has 0 atom stereocenters. The van der Waals surface area contributed by atoms with Crippen LogP contribution in [0.15, 0.2) is 12.1 Å². The van der Waals surface area contributed by atoms with Crippen LogP contribution in [-0.4, -0.2) is 0 Å². The van der Waals surface area contributed by atoms with E-state index in [1.165, 1.54) is 0 Å². The highest BCUT2D eigenvalue weighted by atomic mass is 19.2. The van der Waals surface area contributed by atoms with Crippen LogP contribution in [0.25, 0.3) is 32.3 Å². The van der Waals surface area contributed by atoms with Crippen LogP contribution in [0.3, 0.4) is 0 Å². The molecule has 24 heavy (non-hydrogen) atoms. The van der Waals surface area contributed by atoms with E-state index >= 15 is 0 Å². The zero-order valence-corrected chi connectivity index (χ0v) is 11.2. The first-order valence-electron chi connectivity index (χ1n) is 6.42. The van der Waals surface area contributed by atoms with Gasteiger partial charge in [-0.15, -0.1) is 0 Å². The van der Waals surface area contributed by atoms with Crippen LogP contribution in [0.5, 0.6) is 0 Å². The average molecular weight is 346 g/mol. The van der Waals surface area contributed by atoms with Crippen LogP contribution >= 0.6 is 0 Å². The summed E-state index contributed by atoms with van der Waals surface area (Å²) >= 11 is 0. The van der Waals surface area contributed by atoms with Gasteiger partial charge in [0, 0.05) is 21.5 Å². The maximum absolute atomic E-state index is 14.1. The molecule has 8 heteroatoms. The van der Waals surface area contributed by atoms with E-state index in [0.29, 0.717) is 0 Å². The lowest BCUT2D eigenvalue weighted by Crippen LogP contribution is -2.05. The molecular formula is C16H2F8. The van der Waals surface area contributed by atoms with Crippen LogP contribution in [0.4, 0.5) is 35.1 Å². The molecule has 4 aromatic carbocycles. The Bertz CT molecular complexity index is 1090. The standard InChI is InChI=1S/C16H2F8/c17-9-3-1-2-4-6-5(3)7(13(21)15(9)23)11(19)12(20)8(6)14(22)16(24)10(4)18/h1-2H. The van der Waals surface area contributed by atoms with E-state index in [9.17, 15) is 35.1 Å². The van der Waals surface area contributed by atoms with Crippen molar-refractivity contribution < 1.29 is 35.1 Å². The molecule has 0 bridgehead atoms. The molecule has 0 spiro atoms. The second-order valence-corrected chi connectivity index (χ2v) is 5.17. The highest BCUT2D eigenvalue weighted by molar-refractivity contribution is 6.23. The number of halogens is 8. The lowest BCUT2D eigenvalue weighted by molar-refractivity contribution is 0.448. The van der Waals surface area contributed by atoms with Crippen LogP contribution in [-0.2, 0) is 0 Å². The van der Waals surface area contributed by atoms with Crippen molar-refractivity contribution in [1.82, 2.24) is 0 Å². The normalized spacial score (nSPS) is 12.2. The van der Waals surface area contributed by atoms with E-state index < -0.39 is 78.9 Å². The van der Waals surface area contributed by atoms with Crippen LogP contribution in [0.1, 0.15) is 0 Å². The first-order valence-corrected chi connectivity index (χ1v) is 6.42. The summed E-state index contributed by atoms with van der Waals surface area (Å²) in [6.45, 7) is 0. The molecule has 0 aliphatic heterocycles. The molecule has 0 amide bonds. The molecule has 4 aromatic rings. The van der Waals surface area contributed by atoms with Gasteiger partial charge in [0.1, 0.15) is 0 Å². The Labute approximate surface area is 127 Å². The van der Waals surface area contributed by atoms with Gasteiger partial charge in [0.2, 0.25) is 0 Å². The van der Waals surface area contributed by atoms with Gasteiger partial charge in [-0.05, 0) is 0 Å². The summed E-state index contributed by atoms with van der Waals surface area (Å²) in [7, 11) is 0. The van der Waals surface area contributed by atoms with Crippen molar-refractivity contribution >= 4 is 32.3 Å². The van der Waals surface area contributed by atoms with Crippen LogP contribution < -0.4 is 0 Å². The zero-order valence-electron chi connectivity index (χ0n) is 11.2. The Morgan fingerprint density at radius 1 is 0.333 bits per heavy atom. The predicted molar refractivity (Wildman–Crippen MR) is 69.8 cm³/mol. The van der Waals surface area contributed by atoms with E-state index in [1.54, 1.807) is 0 Å². The topological polar surface area (TPSA) is 0 Å². The van der Waals surface area contributed by atoms with Crippen LogP contribution in [0, 0.1) is 46.5 Å². The second kappa shape index (κ2) is 4.46. The second-order valence-electron chi connectivity index (χ2n) is 5.17. The Kier molecular flexibility index (Phi) is 2.77. The van der Waals surface area contributed by atoms with Crippen molar-refractivity contribution in [3.05, 3.63) is 58.7 Å². The SMILES string of the molecule is Fc1c(F)c2ccc3c(F)c(F)c(F)c4c(F)c(F)c(c1F)c2c34. The Morgan fingerprint density at radius 2 is 0.625 bits per heavy atom. The first-order chi connectivity index (χ1) is 11.3. The quantitative estimate of drug-likeness (QED) is 0.218. The summed E-state index contributed by atoms with van der Waals surface area (Å²) < 4.78 is 111. The number of hydrogen-bond donors (Lipinski definition) is 0. The predicted octanol–water partition coefficient (Wildman–Crippen LogP) is 5.70. The lowest BCUT2D eigenvalue weighted by Gasteiger charge is -2.15. The smallest absolute Gasteiger partial charge is 0.195 e. The summed E-state index contributed by atoms with van der Waals surface area (Å²) in [6.07, 6.45) is 0. The van der Waals surface area contributed by atoms with Crippen molar-refractivity contribution in [2.45, 2.75) is 0 Å². The third-order valence-electron chi connectivity index (χ3n) is 4.02. The monoisotopic (exact) mass is 346 g/mol. The largest absolute Gasteiger partial charge is 0.203 e. The molecule has 0 saturated heterocycles. The van der Waals surface area contributed by atoms with Gasteiger partial charge in [-0.2, -0.15) is 0 Å². The maximum atomic E-state index is 14.1. The van der Waals surface area contributed by atoms with Gasteiger partial charge in [0.25, 0.3) is 0 Å². The van der Waals surface area contributed by atoms with Crippen LogP contribution in [0.2, 0.25) is 0 Å². The van der Waals surface area contributed by atoms with Crippen molar-refractivity contribution in [3.63, 3.8) is 0 Å². The fourth-order valence-corrected chi connectivity index (χ4v) is 2.99. The van der Waals surface area contributed by atoms with Crippen molar-refractivity contribution in [3.8, 4) is 0 Å². The molecule has 122 valence electrons. The van der Waals surface area contributed by atoms with E-state index in [-0.39, 0.29) is 0 Å². The molecular weight excluding hydrogens is 344 g/mol. The van der Waals surface area contributed by atoms with Gasteiger partial charge in [-0.25, -0.2) is 35.1 Å². The van der Waals surface area contributed by atoms with Gasteiger partial charge in [0.05, 0.1) is 10.8 Å². The number of hydrogen-bond acceptors (Lipinski definition) is 0. The third kappa shape index (κ3) is 1.48. The molecule has 0 fully saturated rings. The molecule has 0 saturated carbocycles. The average Bonchev–Trinajstić information content (AvgIpc) is 2.56. The van der Waals surface area contributed by atoms with Gasteiger partial charge < -0.3 is 0 Å². The molecule has 0 aromatic heterocycles. The van der Waals surface area contributed by atoms with E-state index in [2.05, 4.69) is 0 Å². The molecule has 0 N–H and O–H groups in total. The first kappa shape index (κ1) is 14.9. The maximum Gasteiger partial charge on any atom is 0.195 e. The molecule has 0 heterocycles. The Balaban J connectivity index is 2.55. The van der Waals surface area contributed by atoms with E-state index in [0.717, 1.165) is 12.1 Å². The Morgan fingerprint density at radius 3 is 0.958 bits per heavy atom. The summed E-state index contributed by atoms with van der Waals surface area (Å²) in [5.41, 5.74) is 0. The molecule has 0 radical (unpaired) electrons. The molecule has 4 rings (SSSR count). The van der Waals surface area contributed by atoms with Crippen molar-refractivity contribution in [1.29, 1.82) is 0 Å². The van der Waals surface area contributed by atoms with Gasteiger partial charge in [0.15, 0.2) is 46.5 Å². The molecule has 0 aliphatic carbocycles. The van der Waals surface area contributed by atoms with Gasteiger partial charge in [-0.3, -0.25) is 0 Å². The third-order valence-corrected chi connectivity index (χ3v) is 4.02. The van der Waals surface area contributed by atoms with Crippen molar-refractivity contribution in [2.75, 3.05) is 0 Å². The Hall–Kier alpha value is -2.64. The number of benzene rings is 4. The fourth-order valence-electron chi connectivity index (χ4n) is 2.99. The summed E-state index contributed by atoms with van der Waals surface area (Å²) in [5.74, 6) is -15.7. The summed E-state index contributed by atoms with van der Waals surface area (Å²) in [5, 5.41) is -5.57. The molecule has 0 unspecified atom stereocenters. The minimum absolute atomic E-state index is 0.717. The summed E-state index contributed by atoms with van der Waals surface area (Å²) in [4.78, 5) is 0. The summed E-state index contributed by atoms with van der Waals surface area (Å²) in [6, 6.07) is 1.50. The lowest BCUT2D eigenvalue weighted by atomic mass is 9.92. The van der Waals surface area contributed by atoms with Gasteiger partial charge >= 0.3 is 0 Å². The zero-order chi connectivity index (χ0) is 17.5. The molecule has 0 aliphatic rings.